The van der Waals surface area contributed by atoms with Gasteiger partial charge < -0.3 is 14.4 Å². The van der Waals surface area contributed by atoms with Gasteiger partial charge in [0.25, 0.3) is 0 Å². The molecule has 0 aromatic carbocycles. The largest absolute Gasteiger partial charge is 0.376 e. The zero-order valence-corrected chi connectivity index (χ0v) is 15.7. The molecule has 7 heteroatoms. The van der Waals surface area contributed by atoms with Gasteiger partial charge in [-0.25, -0.2) is 0 Å². The Morgan fingerprint density at radius 2 is 2.15 bits per heavy atom. The van der Waals surface area contributed by atoms with E-state index in [4.69, 9.17) is 9.47 Å². The van der Waals surface area contributed by atoms with Crippen LogP contribution in [0, 0.1) is 5.92 Å². The Balaban J connectivity index is 1.30. The Kier molecular flexibility index (Phi) is 5.50. The minimum atomic E-state index is 0.126. The summed E-state index contributed by atoms with van der Waals surface area (Å²) in [6.07, 6.45) is 7.80. The Morgan fingerprint density at radius 1 is 1.30 bits per heavy atom. The van der Waals surface area contributed by atoms with Gasteiger partial charge in [0.2, 0.25) is 5.91 Å². The molecule has 0 N–H and O–H groups in total. The van der Waals surface area contributed by atoms with Crippen LogP contribution in [-0.2, 0) is 34.3 Å². The summed E-state index contributed by atoms with van der Waals surface area (Å²) < 4.78 is 13.6. The molecule has 2 fully saturated rings. The first kappa shape index (κ1) is 18.1. The van der Waals surface area contributed by atoms with Crippen LogP contribution in [0.4, 0.5) is 0 Å². The van der Waals surface area contributed by atoms with Crippen molar-refractivity contribution in [2.45, 2.75) is 38.0 Å². The maximum absolute atomic E-state index is 12.8. The highest BCUT2D eigenvalue weighted by Crippen LogP contribution is 2.34. The molecule has 27 heavy (non-hydrogen) atoms. The highest BCUT2D eigenvalue weighted by Gasteiger charge is 2.42. The molecule has 3 heterocycles. The second-order valence-corrected chi connectivity index (χ2v) is 7.43. The van der Waals surface area contributed by atoms with E-state index in [0.717, 1.165) is 24.1 Å². The number of rotatable bonds is 6. The summed E-state index contributed by atoms with van der Waals surface area (Å²) in [7, 11) is 1.87. The van der Waals surface area contributed by atoms with Crippen molar-refractivity contribution in [1.82, 2.24) is 19.7 Å². The first-order valence-corrected chi connectivity index (χ1v) is 9.55. The van der Waals surface area contributed by atoms with Crippen LogP contribution in [0.2, 0.25) is 0 Å². The van der Waals surface area contributed by atoms with Gasteiger partial charge in [-0.15, -0.1) is 0 Å². The van der Waals surface area contributed by atoms with E-state index < -0.39 is 0 Å². The fraction of sp³-hybridized carbons (Fsp3) is 0.550. The van der Waals surface area contributed by atoms with Crippen molar-refractivity contribution in [3.63, 3.8) is 0 Å². The Hall–Kier alpha value is -2.25. The molecule has 2 aromatic heterocycles. The smallest absolute Gasteiger partial charge is 0.229 e. The van der Waals surface area contributed by atoms with Gasteiger partial charge >= 0.3 is 0 Å². The van der Waals surface area contributed by atoms with Crippen LogP contribution in [0.15, 0.2) is 36.8 Å². The van der Waals surface area contributed by atoms with Gasteiger partial charge in [0.1, 0.15) is 0 Å². The molecule has 1 saturated heterocycles. The fourth-order valence-electron chi connectivity index (χ4n) is 4.13. The van der Waals surface area contributed by atoms with Crippen molar-refractivity contribution in [2.24, 2.45) is 13.0 Å². The second-order valence-electron chi connectivity index (χ2n) is 7.43. The molecular formula is C20H26N4O3. The SMILES string of the molecule is Cn1ccc(CC(=O)N2CCO[C@@H]3C[C@@H](COCc4ccncc4)C[C@H]32)n1. The summed E-state index contributed by atoms with van der Waals surface area (Å²) in [5, 5.41) is 4.33. The number of carbonyl (C=O) groups excluding carboxylic acids is 1. The number of nitrogens with zero attached hydrogens (tertiary/aromatic N) is 4. The molecule has 2 aromatic rings. The molecule has 4 rings (SSSR count). The van der Waals surface area contributed by atoms with Crippen molar-refractivity contribution in [2.75, 3.05) is 19.8 Å². The lowest BCUT2D eigenvalue weighted by Gasteiger charge is -2.37. The minimum absolute atomic E-state index is 0.126. The van der Waals surface area contributed by atoms with Crippen LogP contribution < -0.4 is 0 Å². The third kappa shape index (κ3) is 4.36. The van der Waals surface area contributed by atoms with Crippen molar-refractivity contribution < 1.29 is 14.3 Å². The normalized spacial score (nSPS) is 24.8. The molecule has 1 aliphatic heterocycles. The molecule has 1 aliphatic carbocycles. The Bertz CT molecular complexity index is 764. The van der Waals surface area contributed by atoms with Gasteiger partial charge in [0, 0.05) is 32.2 Å². The first-order chi connectivity index (χ1) is 13.2. The van der Waals surface area contributed by atoms with E-state index in [-0.39, 0.29) is 18.1 Å². The van der Waals surface area contributed by atoms with Gasteiger partial charge in [0.15, 0.2) is 0 Å². The summed E-state index contributed by atoms with van der Waals surface area (Å²) >= 11 is 0. The summed E-state index contributed by atoms with van der Waals surface area (Å²) in [4.78, 5) is 18.8. The lowest BCUT2D eigenvalue weighted by Crippen LogP contribution is -2.51. The number of amides is 1. The molecule has 0 radical (unpaired) electrons. The number of hydrogen-bond acceptors (Lipinski definition) is 5. The quantitative estimate of drug-likeness (QED) is 0.772. The fourth-order valence-corrected chi connectivity index (χ4v) is 4.13. The molecule has 3 atom stereocenters. The topological polar surface area (TPSA) is 69.5 Å². The molecule has 144 valence electrons. The number of ether oxygens (including phenoxy) is 2. The summed E-state index contributed by atoms with van der Waals surface area (Å²) in [5.74, 6) is 0.565. The maximum Gasteiger partial charge on any atom is 0.229 e. The third-order valence-corrected chi connectivity index (χ3v) is 5.43. The summed E-state index contributed by atoms with van der Waals surface area (Å²) in [6.45, 7) is 2.57. The van der Waals surface area contributed by atoms with Crippen molar-refractivity contribution in [3.05, 3.63) is 48.0 Å². The van der Waals surface area contributed by atoms with E-state index in [2.05, 4.69) is 10.1 Å². The zero-order valence-electron chi connectivity index (χ0n) is 15.7. The molecule has 2 aliphatic rings. The molecule has 0 bridgehead atoms. The van der Waals surface area contributed by atoms with Gasteiger partial charge in [0.05, 0.1) is 44.1 Å². The number of aryl methyl sites for hydroxylation is 1. The Labute approximate surface area is 159 Å². The summed E-state index contributed by atoms with van der Waals surface area (Å²) in [5.41, 5.74) is 1.95. The molecule has 0 unspecified atom stereocenters. The molecule has 1 amide bonds. The van der Waals surface area contributed by atoms with Crippen molar-refractivity contribution >= 4 is 5.91 Å². The van der Waals surface area contributed by atoms with Gasteiger partial charge in [-0.1, -0.05) is 0 Å². The second kappa shape index (κ2) is 8.19. The highest BCUT2D eigenvalue weighted by molar-refractivity contribution is 5.78. The van der Waals surface area contributed by atoms with E-state index >= 15 is 0 Å². The first-order valence-electron chi connectivity index (χ1n) is 9.55. The molecule has 0 spiro atoms. The number of hydrogen-bond donors (Lipinski definition) is 0. The standard InChI is InChI=1S/C20H26N4O3/c1-23-7-4-17(22-23)12-20(25)24-8-9-27-19-11-16(10-18(19)24)14-26-13-15-2-5-21-6-3-15/h2-7,16,18-19H,8-14H2,1H3/t16-,18+,19+/m0/s1. The zero-order chi connectivity index (χ0) is 18.6. The van der Waals surface area contributed by atoms with E-state index in [9.17, 15) is 4.79 Å². The van der Waals surface area contributed by atoms with E-state index in [1.807, 2.05) is 36.3 Å². The van der Waals surface area contributed by atoms with E-state index in [0.29, 0.717) is 38.7 Å². The number of fused-ring (bicyclic) bond motifs is 1. The van der Waals surface area contributed by atoms with E-state index in [1.54, 1.807) is 17.1 Å². The maximum atomic E-state index is 12.8. The highest BCUT2D eigenvalue weighted by atomic mass is 16.5. The molecule has 1 saturated carbocycles. The minimum Gasteiger partial charge on any atom is -0.376 e. The van der Waals surface area contributed by atoms with Crippen LogP contribution in [-0.4, -0.2) is 57.5 Å². The van der Waals surface area contributed by atoms with E-state index in [1.165, 1.54) is 0 Å². The average molecular weight is 370 g/mol. The summed E-state index contributed by atoms with van der Waals surface area (Å²) in [6, 6.07) is 6.00. The van der Waals surface area contributed by atoms with Crippen LogP contribution >= 0.6 is 0 Å². The number of pyridine rings is 1. The predicted molar refractivity (Wildman–Crippen MR) is 98.8 cm³/mol. The average Bonchev–Trinajstić information content (AvgIpc) is 3.27. The third-order valence-electron chi connectivity index (χ3n) is 5.43. The number of carbonyl (C=O) groups is 1. The predicted octanol–water partition coefficient (Wildman–Crippen LogP) is 1.58. The van der Waals surface area contributed by atoms with Crippen molar-refractivity contribution in [3.8, 4) is 0 Å². The van der Waals surface area contributed by atoms with Crippen LogP contribution in [0.1, 0.15) is 24.1 Å². The molecule has 7 nitrogen and oxygen atoms in total. The lowest BCUT2D eigenvalue weighted by atomic mass is 10.1. The monoisotopic (exact) mass is 370 g/mol. The number of morpholine rings is 1. The van der Waals surface area contributed by atoms with Crippen LogP contribution in [0.25, 0.3) is 0 Å². The lowest BCUT2D eigenvalue weighted by molar-refractivity contribution is -0.143. The van der Waals surface area contributed by atoms with Crippen LogP contribution in [0.5, 0.6) is 0 Å². The van der Waals surface area contributed by atoms with Crippen LogP contribution in [0.3, 0.4) is 0 Å². The van der Waals surface area contributed by atoms with Gasteiger partial charge in [-0.2, -0.15) is 5.10 Å². The van der Waals surface area contributed by atoms with Gasteiger partial charge in [-0.3, -0.25) is 14.5 Å². The number of aromatic nitrogens is 3. The van der Waals surface area contributed by atoms with Gasteiger partial charge in [-0.05, 0) is 42.5 Å². The molecular weight excluding hydrogens is 344 g/mol. The van der Waals surface area contributed by atoms with Crippen molar-refractivity contribution in [1.29, 1.82) is 0 Å². The Morgan fingerprint density at radius 3 is 2.93 bits per heavy atom.